The second-order valence-electron chi connectivity index (χ2n) is 6.78. The Morgan fingerprint density at radius 1 is 1.31 bits per heavy atom. The number of quaternary nitrogens is 1. The summed E-state index contributed by atoms with van der Waals surface area (Å²) in [5.41, 5.74) is 4.57. The molecular weight excluding hydrogens is 344 g/mol. The number of benzene rings is 1. The summed E-state index contributed by atoms with van der Waals surface area (Å²) in [7, 11) is 0. The van der Waals surface area contributed by atoms with Crippen LogP contribution >= 0.6 is 11.3 Å². The number of aryl methyl sites for hydroxylation is 1. The Hall–Kier alpha value is -2.36. The van der Waals surface area contributed by atoms with Gasteiger partial charge in [-0.2, -0.15) is 5.26 Å². The molecule has 3 rings (SSSR count). The molecule has 1 amide bonds. The normalized spacial score (nSPS) is 14.9. The lowest BCUT2D eigenvalue weighted by atomic mass is 10.1. The van der Waals surface area contributed by atoms with Crippen LogP contribution in [0.2, 0.25) is 0 Å². The first-order valence-corrected chi connectivity index (χ1v) is 9.88. The van der Waals surface area contributed by atoms with E-state index in [9.17, 15) is 4.79 Å². The minimum atomic E-state index is -0.00610. The average Bonchev–Trinajstić information content (AvgIpc) is 3.10. The van der Waals surface area contributed by atoms with E-state index in [1.807, 2.05) is 5.38 Å². The SMILES string of the molecule is Cc1cccc(N2CC[NH+](CCC(=O)Nc3sccc3C#N)CC2)c1C. The van der Waals surface area contributed by atoms with Crippen LogP contribution < -0.4 is 15.1 Å². The van der Waals surface area contributed by atoms with Crippen molar-refractivity contribution in [2.24, 2.45) is 0 Å². The molecule has 6 heteroatoms. The number of nitrogens with zero attached hydrogens (tertiary/aromatic N) is 2. The summed E-state index contributed by atoms with van der Waals surface area (Å²) in [5, 5.41) is 14.4. The third-order valence-electron chi connectivity index (χ3n) is 5.13. The van der Waals surface area contributed by atoms with Gasteiger partial charge < -0.3 is 15.1 Å². The largest absolute Gasteiger partial charge is 0.360 e. The highest BCUT2D eigenvalue weighted by molar-refractivity contribution is 7.14. The van der Waals surface area contributed by atoms with Crippen molar-refractivity contribution in [3.63, 3.8) is 0 Å². The van der Waals surface area contributed by atoms with Crippen molar-refractivity contribution in [1.82, 2.24) is 0 Å². The molecule has 0 saturated carbocycles. The molecule has 1 fully saturated rings. The van der Waals surface area contributed by atoms with E-state index < -0.39 is 0 Å². The van der Waals surface area contributed by atoms with Gasteiger partial charge in [-0.3, -0.25) is 4.79 Å². The monoisotopic (exact) mass is 369 g/mol. The van der Waals surface area contributed by atoms with Gasteiger partial charge in [0.1, 0.15) is 11.1 Å². The maximum absolute atomic E-state index is 12.2. The summed E-state index contributed by atoms with van der Waals surface area (Å²) in [4.78, 5) is 16.1. The highest BCUT2D eigenvalue weighted by Crippen LogP contribution is 2.23. The van der Waals surface area contributed by atoms with Crippen LogP contribution in [0, 0.1) is 25.2 Å². The summed E-state index contributed by atoms with van der Waals surface area (Å²) < 4.78 is 0. The maximum atomic E-state index is 12.2. The molecule has 136 valence electrons. The zero-order valence-electron chi connectivity index (χ0n) is 15.3. The first-order valence-electron chi connectivity index (χ1n) is 9.00. The van der Waals surface area contributed by atoms with Gasteiger partial charge in [0.15, 0.2) is 0 Å². The molecule has 2 heterocycles. The van der Waals surface area contributed by atoms with Gasteiger partial charge in [0.05, 0.1) is 44.7 Å². The summed E-state index contributed by atoms with van der Waals surface area (Å²) in [6.45, 7) is 9.31. The molecule has 0 spiro atoms. The Balaban J connectivity index is 1.46. The zero-order valence-corrected chi connectivity index (χ0v) is 16.2. The van der Waals surface area contributed by atoms with Gasteiger partial charge in [0.25, 0.3) is 0 Å². The Bertz CT molecular complexity index is 815. The fourth-order valence-electron chi connectivity index (χ4n) is 3.37. The molecule has 0 unspecified atom stereocenters. The lowest BCUT2D eigenvalue weighted by Gasteiger charge is -2.34. The smallest absolute Gasteiger partial charge is 0.230 e. The van der Waals surface area contributed by atoms with Crippen LogP contribution in [0.1, 0.15) is 23.1 Å². The molecule has 1 aromatic heterocycles. The van der Waals surface area contributed by atoms with Gasteiger partial charge in [-0.25, -0.2) is 0 Å². The molecule has 0 radical (unpaired) electrons. The minimum Gasteiger partial charge on any atom is -0.360 e. The van der Waals surface area contributed by atoms with Gasteiger partial charge in [0.2, 0.25) is 5.91 Å². The lowest BCUT2D eigenvalue weighted by Crippen LogP contribution is -3.15. The molecule has 26 heavy (non-hydrogen) atoms. The molecule has 1 aliphatic rings. The quantitative estimate of drug-likeness (QED) is 0.847. The van der Waals surface area contributed by atoms with Gasteiger partial charge >= 0.3 is 0 Å². The minimum absolute atomic E-state index is 0.00610. The van der Waals surface area contributed by atoms with Gasteiger partial charge in [-0.1, -0.05) is 12.1 Å². The van der Waals surface area contributed by atoms with E-state index in [0.29, 0.717) is 17.0 Å². The highest BCUT2D eigenvalue weighted by atomic mass is 32.1. The van der Waals surface area contributed by atoms with E-state index in [4.69, 9.17) is 5.26 Å². The number of piperazine rings is 1. The molecule has 2 N–H and O–H groups in total. The number of anilines is 2. The van der Waals surface area contributed by atoms with Crippen molar-refractivity contribution >= 4 is 27.9 Å². The van der Waals surface area contributed by atoms with E-state index in [0.717, 1.165) is 32.7 Å². The Kier molecular flexibility index (Phi) is 5.92. The number of hydrogen-bond donors (Lipinski definition) is 2. The fraction of sp³-hybridized carbons (Fsp3) is 0.400. The summed E-state index contributed by atoms with van der Waals surface area (Å²) >= 11 is 1.40. The van der Waals surface area contributed by atoms with Crippen molar-refractivity contribution in [1.29, 1.82) is 5.26 Å². The second-order valence-corrected chi connectivity index (χ2v) is 7.70. The van der Waals surface area contributed by atoms with Crippen LogP contribution in [0.15, 0.2) is 29.6 Å². The predicted molar refractivity (Wildman–Crippen MR) is 106 cm³/mol. The zero-order chi connectivity index (χ0) is 18.5. The number of rotatable bonds is 5. The fourth-order valence-corrected chi connectivity index (χ4v) is 4.12. The van der Waals surface area contributed by atoms with Crippen LogP contribution in [0.5, 0.6) is 0 Å². The molecule has 0 bridgehead atoms. The first kappa shape index (κ1) is 18.4. The van der Waals surface area contributed by atoms with Gasteiger partial charge in [-0.15, -0.1) is 11.3 Å². The van der Waals surface area contributed by atoms with Crippen LogP contribution in [-0.2, 0) is 4.79 Å². The summed E-state index contributed by atoms with van der Waals surface area (Å²) in [6.07, 6.45) is 0.488. The van der Waals surface area contributed by atoms with E-state index >= 15 is 0 Å². The van der Waals surface area contributed by atoms with E-state index in [1.54, 1.807) is 6.07 Å². The van der Waals surface area contributed by atoms with Crippen molar-refractivity contribution in [3.05, 3.63) is 46.3 Å². The van der Waals surface area contributed by atoms with Crippen LogP contribution in [0.3, 0.4) is 0 Å². The van der Waals surface area contributed by atoms with Crippen molar-refractivity contribution in [2.75, 3.05) is 42.9 Å². The highest BCUT2D eigenvalue weighted by Gasteiger charge is 2.22. The molecule has 0 atom stereocenters. The first-order chi connectivity index (χ1) is 12.6. The van der Waals surface area contributed by atoms with E-state index in [2.05, 4.69) is 48.3 Å². The van der Waals surface area contributed by atoms with E-state index in [1.165, 1.54) is 33.1 Å². The van der Waals surface area contributed by atoms with Crippen molar-refractivity contribution < 1.29 is 9.69 Å². The summed E-state index contributed by atoms with van der Waals surface area (Å²) in [5.74, 6) is -0.00610. The van der Waals surface area contributed by atoms with Crippen molar-refractivity contribution in [3.8, 4) is 6.07 Å². The molecule has 1 aliphatic heterocycles. The molecule has 0 aliphatic carbocycles. The van der Waals surface area contributed by atoms with Crippen LogP contribution in [0.25, 0.3) is 0 Å². The molecular formula is C20H25N4OS+. The van der Waals surface area contributed by atoms with Gasteiger partial charge in [-0.05, 0) is 42.5 Å². The number of amides is 1. The molecule has 1 saturated heterocycles. The molecule has 5 nitrogen and oxygen atoms in total. The molecule has 1 aromatic carbocycles. The number of nitrogens with one attached hydrogen (secondary N) is 2. The Morgan fingerprint density at radius 2 is 2.08 bits per heavy atom. The Labute approximate surface area is 158 Å². The lowest BCUT2D eigenvalue weighted by molar-refractivity contribution is -0.900. The van der Waals surface area contributed by atoms with Crippen molar-refractivity contribution in [2.45, 2.75) is 20.3 Å². The Morgan fingerprint density at radius 3 is 2.81 bits per heavy atom. The number of carbonyl (C=O) groups excluding carboxylic acids is 1. The predicted octanol–water partition coefficient (Wildman–Crippen LogP) is 1.97. The average molecular weight is 370 g/mol. The number of nitriles is 1. The van der Waals surface area contributed by atoms with E-state index in [-0.39, 0.29) is 5.91 Å². The maximum Gasteiger partial charge on any atom is 0.230 e. The van der Waals surface area contributed by atoms with Gasteiger partial charge in [0, 0.05) is 5.69 Å². The topological polar surface area (TPSA) is 60.6 Å². The third-order valence-corrected chi connectivity index (χ3v) is 5.96. The second kappa shape index (κ2) is 8.35. The standard InChI is InChI=1S/C20H24N4OS/c1-15-4-3-5-18(16(15)2)24-11-9-23(10-12-24)8-6-19(25)22-20-17(14-21)7-13-26-20/h3-5,7,13H,6,8-12H2,1-2H3,(H,22,25)/p+1. The number of thiophene rings is 1. The number of hydrogen-bond acceptors (Lipinski definition) is 4. The van der Waals surface area contributed by atoms with Crippen LogP contribution in [0.4, 0.5) is 10.7 Å². The number of carbonyl (C=O) groups is 1. The van der Waals surface area contributed by atoms with Crippen LogP contribution in [-0.4, -0.2) is 38.6 Å². The molecule has 2 aromatic rings. The summed E-state index contributed by atoms with van der Waals surface area (Å²) in [6, 6.07) is 10.3. The third kappa shape index (κ3) is 4.24.